The Morgan fingerprint density at radius 2 is 1.85 bits per heavy atom. The first-order valence-electron chi connectivity index (χ1n) is 16.2. The van der Waals surface area contributed by atoms with Crippen LogP contribution in [0.5, 0.6) is 5.88 Å². The van der Waals surface area contributed by atoms with Gasteiger partial charge in [0.15, 0.2) is 0 Å². The second-order valence-corrected chi connectivity index (χ2v) is 14.3. The average Bonchev–Trinajstić information content (AvgIpc) is 3.48. The van der Waals surface area contributed by atoms with E-state index in [0.29, 0.717) is 58.3 Å². The van der Waals surface area contributed by atoms with E-state index in [4.69, 9.17) is 44.5 Å². The summed E-state index contributed by atoms with van der Waals surface area (Å²) in [5.74, 6) is 0.606. The van der Waals surface area contributed by atoms with Gasteiger partial charge in [-0.25, -0.2) is 4.98 Å². The number of hydrogen-bond acceptors (Lipinski definition) is 7. The molecule has 1 fully saturated rings. The molecule has 2 aliphatic heterocycles. The Hall–Kier alpha value is -3.24. The van der Waals surface area contributed by atoms with Gasteiger partial charge in [0.1, 0.15) is 0 Å². The molecule has 0 spiro atoms. The molecule has 48 heavy (non-hydrogen) atoms. The van der Waals surface area contributed by atoms with Crippen LogP contribution in [-0.2, 0) is 24.3 Å². The topological polar surface area (TPSA) is 99.6 Å². The normalized spacial score (nSPS) is 16.6. The number of amides is 1. The van der Waals surface area contributed by atoms with Gasteiger partial charge in [-0.1, -0.05) is 59.1 Å². The molecule has 0 bridgehead atoms. The van der Waals surface area contributed by atoms with Crippen molar-refractivity contribution in [2.45, 2.75) is 64.3 Å². The summed E-state index contributed by atoms with van der Waals surface area (Å²) in [7, 11) is 1.60. The Balaban J connectivity index is 1.24. The van der Waals surface area contributed by atoms with E-state index in [0.717, 1.165) is 65.9 Å². The van der Waals surface area contributed by atoms with Crippen LogP contribution in [0.4, 0.5) is 0 Å². The molecule has 2 aromatic heterocycles. The summed E-state index contributed by atoms with van der Waals surface area (Å²) in [6.07, 6.45) is 4.70. The zero-order chi connectivity index (χ0) is 34.0. The lowest BCUT2D eigenvalue weighted by molar-refractivity contribution is -0.119. The number of halogens is 3. The average molecular weight is 709 g/mol. The van der Waals surface area contributed by atoms with E-state index in [2.05, 4.69) is 26.6 Å². The molecule has 1 atom stereocenters. The standard InChI is InChI=1S/C37H40Cl3N5O3/c1-37(2,47)13-16-45-15-12-22-17-24(18-30(38)29(22)21-45)35-34(40)27(11-14-42-35)26-5-4-6-28(33(26)39)31-9-7-23(36(44-31)48-3)19-41-20-25-8-10-32(46)43-25/h4-7,9,11,14,17-18,25,41,47H,8,10,12-13,15-16,19-21H2,1-3H3,(H,43,46). The summed E-state index contributed by atoms with van der Waals surface area (Å²) >= 11 is 21.1. The highest BCUT2D eigenvalue weighted by Crippen LogP contribution is 2.43. The van der Waals surface area contributed by atoms with Gasteiger partial charge in [0.05, 0.1) is 34.1 Å². The largest absolute Gasteiger partial charge is 0.481 e. The van der Waals surface area contributed by atoms with E-state index < -0.39 is 5.60 Å². The van der Waals surface area contributed by atoms with Crippen LogP contribution in [-0.4, -0.2) is 64.3 Å². The molecule has 2 aromatic carbocycles. The van der Waals surface area contributed by atoms with Crippen molar-refractivity contribution >= 4 is 40.7 Å². The summed E-state index contributed by atoms with van der Waals surface area (Å²) in [4.78, 5) is 23.3. The zero-order valence-corrected chi connectivity index (χ0v) is 29.6. The van der Waals surface area contributed by atoms with E-state index in [9.17, 15) is 9.90 Å². The maximum Gasteiger partial charge on any atom is 0.220 e. The molecule has 1 amide bonds. The third-order valence-corrected chi connectivity index (χ3v) is 10.2. The summed E-state index contributed by atoms with van der Waals surface area (Å²) in [5, 5.41) is 18.2. The van der Waals surface area contributed by atoms with Crippen LogP contribution < -0.4 is 15.4 Å². The Bertz CT molecular complexity index is 1830. The van der Waals surface area contributed by atoms with Crippen molar-refractivity contribution in [2.24, 2.45) is 0 Å². The maximum absolute atomic E-state index is 11.5. The molecule has 0 aliphatic carbocycles. The van der Waals surface area contributed by atoms with Gasteiger partial charge >= 0.3 is 0 Å². The van der Waals surface area contributed by atoms with Gasteiger partial charge in [0, 0.05) is 84.2 Å². The Morgan fingerprint density at radius 3 is 2.60 bits per heavy atom. The van der Waals surface area contributed by atoms with E-state index in [-0.39, 0.29) is 11.9 Å². The first-order valence-corrected chi connectivity index (χ1v) is 17.4. The molecule has 4 aromatic rings. The molecular weight excluding hydrogens is 669 g/mol. The van der Waals surface area contributed by atoms with Crippen molar-refractivity contribution in [3.8, 4) is 39.5 Å². The molecule has 1 saturated heterocycles. The van der Waals surface area contributed by atoms with Crippen LogP contribution in [0.15, 0.2) is 54.7 Å². The van der Waals surface area contributed by atoms with Gasteiger partial charge in [-0.15, -0.1) is 0 Å². The second kappa shape index (κ2) is 14.7. The van der Waals surface area contributed by atoms with E-state index >= 15 is 0 Å². The summed E-state index contributed by atoms with van der Waals surface area (Å²) in [6, 6.07) is 15.8. The Morgan fingerprint density at radius 1 is 1.06 bits per heavy atom. The number of fused-ring (bicyclic) bond motifs is 1. The molecule has 2 aliphatic rings. The number of nitrogens with zero attached hydrogens (tertiary/aromatic N) is 3. The highest BCUT2D eigenvalue weighted by Gasteiger charge is 2.24. The number of pyridine rings is 2. The van der Waals surface area contributed by atoms with Crippen LogP contribution in [0.3, 0.4) is 0 Å². The first kappa shape index (κ1) is 34.6. The SMILES string of the molecule is COc1nc(-c2cccc(-c3ccnc(-c4cc(Cl)c5c(c4)CCN(CCC(C)(C)O)C5)c3Cl)c2Cl)ccc1CNCC1CCC(=O)N1. The fourth-order valence-electron chi connectivity index (χ4n) is 6.37. The smallest absolute Gasteiger partial charge is 0.220 e. The highest BCUT2D eigenvalue weighted by atomic mass is 35.5. The van der Waals surface area contributed by atoms with E-state index in [1.165, 1.54) is 5.56 Å². The molecule has 11 heteroatoms. The van der Waals surface area contributed by atoms with Gasteiger partial charge in [0.2, 0.25) is 11.8 Å². The number of benzene rings is 2. The third kappa shape index (κ3) is 7.80. The van der Waals surface area contributed by atoms with Crippen LogP contribution in [0.25, 0.3) is 33.6 Å². The molecule has 252 valence electrons. The fraction of sp³-hybridized carbons (Fsp3) is 0.378. The zero-order valence-electron chi connectivity index (χ0n) is 27.4. The number of ether oxygens (including phenoxy) is 1. The Kier molecular flexibility index (Phi) is 10.6. The molecular formula is C37H40Cl3N5O3. The van der Waals surface area contributed by atoms with Crippen LogP contribution >= 0.6 is 34.8 Å². The van der Waals surface area contributed by atoms with Crippen molar-refractivity contribution in [2.75, 3.05) is 26.7 Å². The summed E-state index contributed by atoms with van der Waals surface area (Å²) in [5.41, 5.74) is 6.94. The van der Waals surface area contributed by atoms with E-state index in [1.54, 1.807) is 13.3 Å². The van der Waals surface area contributed by atoms with Gasteiger partial charge in [-0.05, 0) is 68.5 Å². The summed E-state index contributed by atoms with van der Waals surface area (Å²) in [6.45, 7) is 7.35. The van der Waals surface area contributed by atoms with Gasteiger partial charge in [-0.2, -0.15) is 0 Å². The highest BCUT2D eigenvalue weighted by molar-refractivity contribution is 6.39. The Labute approximate surface area is 296 Å². The third-order valence-electron chi connectivity index (χ3n) is 9.06. The van der Waals surface area contributed by atoms with Crippen molar-refractivity contribution in [3.63, 3.8) is 0 Å². The molecule has 0 radical (unpaired) electrons. The number of hydrogen-bond donors (Lipinski definition) is 3. The number of aromatic nitrogens is 2. The minimum Gasteiger partial charge on any atom is -0.481 e. The monoisotopic (exact) mass is 707 g/mol. The lowest BCUT2D eigenvalue weighted by Gasteiger charge is -2.31. The van der Waals surface area contributed by atoms with Crippen LogP contribution in [0.1, 0.15) is 49.8 Å². The molecule has 3 N–H and O–H groups in total. The van der Waals surface area contributed by atoms with Gasteiger partial charge < -0.3 is 20.5 Å². The van der Waals surface area contributed by atoms with Crippen molar-refractivity contribution < 1.29 is 14.6 Å². The van der Waals surface area contributed by atoms with Crippen LogP contribution in [0.2, 0.25) is 15.1 Å². The molecule has 6 rings (SSSR count). The molecule has 8 nitrogen and oxygen atoms in total. The lowest BCUT2D eigenvalue weighted by Crippen LogP contribution is -2.35. The number of carbonyl (C=O) groups excluding carboxylic acids is 1. The molecule has 1 unspecified atom stereocenters. The van der Waals surface area contributed by atoms with Crippen molar-refractivity contribution in [3.05, 3.63) is 86.5 Å². The van der Waals surface area contributed by atoms with Crippen molar-refractivity contribution in [1.82, 2.24) is 25.5 Å². The second-order valence-electron chi connectivity index (χ2n) is 13.2. The number of methoxy groups -OCH3 is 1. The number of nitrogens with one attached hydrogen (secondary N) is 2. The minimum absolute atomic E-state index is 0.101. The number of aliphatic hydroxyl groups is 1. The fourth-order valence-corrected chi connectivity index (χ4v) is 7.31. The van der Waals surface area contributed by atoms with Crippen molar-refractivity contribution in [1.29, 1.82) is 0 Å². The quantitative estimate of drug-likeness (QED) is 0.150. The van der Waals surface area contributed by atoms with E-state index in [1.807, 2.05) is 56.3 Å². The predicted molar refractivity (Wildman–Crippen MR) is 193 cm³/mol. The lowest BCUT2D eigenvalue weighted by atomic mass is 9.94. The van der Waals surface area contributed by atoms with Gasteiger partial charge in [-0.3, -0.25) is 14.7 Å². The maximum atomic E-state index is 11.5. The summed E-state index contributed by atoms with van der Waals surface area (Å²) < 4.78 is 5.65. The first-order chi connectivity index (χ1) is 23.0. The molecule has 4 heterocycles. The number of carbonyl (C=O) groups is 1. The van der Waals surface area contributed by atoms with Crippen LogP contribution in [0, 0.1) is 0 Å². The molecule has 0 saturated carbocycles. The minimum atomic E-state index is -0.702. The van der Waals surface area contributed by atoms with Gasteiger partial charge in [0.25, 0.3) is 0 Å². The number of rotatable bonds is 11. The predicted octanol–water partition coefficient (Wildman–Crippen LogP) is 7.33.